The van der Waals surface area contributed by atoms with Crippen molar-refractivity contribution in [3.63, 3.8) is 0 Å². The molecule has 1 spiro atoms. The highest BCUT2D eigenvalue weighted by atomic mass is 19.3. The molecule has 1 aromatic carbocycles. The summed E-state index contributed by atoms with van der Waals surface area (Å²) in [5.41, 5.74) is 2.27. The number of aryl methyl sites for hydroxylation is 1. The van der Waals surface area contributed by atoms with Crippen molar-refractivity contribution in [2.75, 3.05) is 67.5 Å². The van der Waals surface area contributed by atoms with Gasteiger partial charge in [-0.25, -0.2) is 23.1 Å². The zero-order valence-corrected chi connectivity index (χ0v) is 35.1. The Morgan fingerprint density at radius 3 is 2.48 bits per heavy atom. The van der Waals surface area contributed by atoms with Crippen LogP contribution in [0.4, 0.5) is 30.8 Å². The van der Waals surface area contributed by atoms with Crippen LogP contribution in [0.1, 0.15) is 115 Å². The monoisotopic (exact) mass is 855 g/mol. The summed E-state index contributed by atoms with van der Waals surface area (Å²) in [6.45, 7) is 7.43. The quantitative estimate of drug-likeness (QED) is 0.193. The molecule has 0 unspecified atom stereocenters. The number of β-amino-alcohol motifs (C(OH)–C–C–N with tert-alkyl or cyclic N) is 1. The smallest absolute Gasteiger partial charge is 0.328 e. The van der Waals surface area contributed by atoms with Gasteiger partial charge in [-0.3, -0.25) is 29.3 Å². The molecular weight excluding hydrogens is 801 g/mol. The molecule has 16 nitrogen and oxygen atoms in total. The number of fused-ring (bicyclic) bond motifs is 1. The fourth-order valence-electron chi connectivity index (χ4n) is 10.3. The summed E-state index contributed by atoms with van der Waals surface area (Å²) in [6.07, 6.45) is 11.1. The van der Waals surface area contributed by atoms with Gasteiger partial charge in [-0.2, -0.15) is 10.2 Å². The number of hydrogen-bond acceptors (Lipinski definition) is 10. The highest BCUT2D eigenvalue weighted by molar-refractivity contribution is 6.08. The first-order valence-electron chi connectivity index (χ1n) is 22.1. The van der Waals surface area contributed by atoms with Crippen molar-refractivity contribution < 1.29 is 33.1 Å². The maximum atomic E-state index is 14.3. The van der Waals surface area contributed by atoms with Crippen LogP contribution in [0.3, 0.4) is 0 Å². The van der Waals surface area contributed by atoms with Crippen LogP contribution in [0.2, 0.25) is 0 Å². The van der Waals surface area contributed by atoms with Gasteiger partial charge in [0.05, 0.1) is 24.0 Å². The highest BCUT2D eigenvalue weighted by Gasteiger charge is 2.40. The number of amides is 5. The van der Waals surface area contributed by atoms with Gasteiger partial charge in [-0.15, -0.1) is 0 Å². The van der Waals surface area contributed by atoms with Crippen LogP contribution in [0.25, 0.3) is 5.65 Å². The first-order chi connectivity index (χ1) is 29.9. The minimum Gasteiger partial charge on any atom is -0.391 e. The molecule has 3 N–H and O–H groups in total. The van der Waals surface area contributed by atoms with Gasteiger partial charge in [0.25, 0.3) is 18.2 Å². The van der Waals surface area contributed by atoms with Crippen molar-refractivity contribution in [1.29, 1.82) is 0 Å². The van der Waals surface area contributed by atoms with Crippen LogP contribution >= 0.6 is 0 Å². The van der Waals surface area contributed by atoms with Crippen LogP contribution in [0, 0.1) is 18.3 Å². The van der Waals surface area contributed by atoms with E-state index < -0.39 is 30.2 Å². The average molecular weight is 856 g/mol. The van der Waals surface area contributed by atoms with Gasteiger partial charge in [-0.1, -0.05) is 6.07 Å². The summed E-state index contributed by atoms with van der Waals surface area (Å²) in [5.74, 6) is 0.272. The number of aromatic nitrogens is 5. The third kappa shape index (κ3) is 8.63. The molecule has 1 atom stereocenters. The number of hydrogen-bond donors (Lipinski definition) is 3. The molecule has 1 aliphatic carbocycles. The first-order valence-corrected chi connectivity index (χ1v) is 22.1. The zero-order chi connectivity index (χ0) is 43.1. The zero-order valence-electron chi connectivity index (χ0n) is 35.1. The average Bonchev–Trinajstić information content (AvgIpc) is 3.90. The molecule has 62 heavy (non-hydrogen) atoms. The second kappa shape index (κ2) is 17.3. The number of urea groups is 1. The topological polar surface area (TPSA) is 174 Å². The van der Waals surface area contributed by atoms with E-state index in [4.69, 9.17) is 0 Å². The number of benzene rings is 1. The number of aliphatic hydroxyl groups is 1. The number of piperidine rings is 3. The number of nitrogens with one attached hydrogen (secondary N) is 2. The molecule has 4 saturated heterocycles. The number of aliphatic hydroxyl groups excluding tert-OH is 1. The standard InChI is InChI=1S/C44H55F2N11O5/c1-28-4-5-30(23-35(28)55-19-11-37(59)50-43(55)62)42(61)53-21-14-44(15-22-53)12-6-29(7-13-44)25-52-17-8-31(9-18-52)57-27-34(38(51-57)39(45)46)48-41(60)33-24-47-56-20-10-36(49-40(33)56)54-16-2-3-32(58)26-54/h4-5,10,20,23-24,27,29,31-32,39,58H,2-3,6-9,11-19,21-22,25-26H2,1H3,(H,48,60)(H,50,59,62)/t32-/m0/s1. The maximum Gasteiger partial charge on any atom is 0.328 e. The van der Waals surface area contributed by atoms with E-state index in [9.17, 15) is 33.1 Å². The molecule has 3 aromatic heterocycles. The fraction of sp³-hybridized carbons (Fsp3) is 0.568. The summed E-state index contributed by atoms with van der Waals surface area (Å²) in [5, 5.41) is 23.7. The van der Waals surface area contributed by atoms with Crippen LogP contribution in [0.15, 0.2) is 42.9 Å². The largest absolute Gasteiger partial charge is 0.391 e. The Hall–Kier alpha value is -5.49. The lowest BCUT2D eigenvalue weighted by molar-refractivity contribution is -0.120. The molecule has 1 saturated carbocycles. The first kappa shape index (κ1) is 41.8. The summed E-state index contributed by atoms with van der Waals surface area (Å²) in [4.78, 5) is 63.9. The molecule has 5 aliphatic rings. The second-order valence-electron chi connectivity index (χ2n) is 18.0. The molecule has 0 bridgehead atoms. The van der Waals surface area contributed by atoms with E-state index in [1.165, 1.54) is 21.8 Å². The number of alkyl halides is 2. The molecule has 4 aliphatic heterocycles. The van der Waals surface area contributed by atoms with Gasteiger partial charge in [0, 0.05) is 82.4 Å². The van der Waals surface area contributed by atoms with Gasteiger partial charge in [0.2, 0.25) is 5.91 Å². The summed E-state index contributed by atoms with van der Waals surface area (Å²) < 4.78 is 31.7. The Labute approximate surface area is 358 Å². The number of likely N-dealkylation sites (tertiary alicyclic amines) is 2. The Balaban J connectivity index is 0.751. The van der Waals surface area contributed by atoms with Crippen molar-refractivity contribution in [2.45, 2.75) is 96.1 Å². The van der Waals surface area contributed by atoms with E-state index in [2.05, 4.69) is 30.7 Å². The molecule has 9 rings (SSSR count). The van der Waals surface area contributed by atoms with Crippen molar-refractivity contribution in [3.05, 3.63) is 65.2 Å². The number of nitrogens with zero attached hydrogens (tertiary/aromatic N) is 9. The van der Waals surface area contributed by atoms with Crippen LogP contribution < -0.4 is 20.4 Å². The van der Waals surface area contributed by atoms with Gasteiger partial charge in [0.1, 0.15) is 11.4 Å². The number of carbonyl (C=O) groups excluding carboxylic acids is 4. The number of carbonyl (C=O) groups is 4. The van der Waals surface area contributed by atoms with Crippen LogP contribution in [-0.4, -0.2) is 121 Å². The Kier molecular flexibility index (Phi) is 11.7. The minimum absolute atomic E-state index is 0.0271. The second-order valence-corrected chi connectivity index (χ2v) is 18.0. The lowest BCUT2D eigenvalue weighted by Crippen LogP contribution is -2.50. The van der Waals surface area contributed by atoms with Crippen LogP contribution in [-0.2, 0) is 4.79 Å². The lowest BCUT2D eigenvalue weighted by Gasteiger charge is -2.47. The number of rotatable bonds is 9. The summed E-state index contributed by atoms with van der Waals surface area (Å²) >= 11 is 0. The van der Waals surface area contributed by atoms with Crippen LogP contribution in [0.5, 0.6) is 0 Å². The third-order valence-corrected chi connectivity index (χ3v) is 14.1. The third-order valence-electron chi connectivity index (χ3n) is 14.1. The van der Waals surface area contributed by atoms with E-state index in [0.29, 0.717) is 48.3 Å². The Morgan fingerprint density at radius 2 is 1.76 bits per heavy atom. The molecule has 7 heterocycles. The number of halogens is 2. The minimum atomic E-state index is -2.88. The van der Waals surface area contributed by atoms with E-state index in [-0.39, 0.29) is 47.5 Å². The summed E-state index contributed by atoms with van der Waals surface area (Å²) in [6, 6.07) is 6.71. The highest BCUT2D eigenvalue weighted by Crippen LogP contribution is 2.47. The van der Waals surface area contributed by atoms with Crippen molar-refractivity contribution in [2.24, 2.45) is 11.3 Å². The van der Waals surface area contributed by atoms with Crippen molar-refractivity contribution in [1.82, 2.24) is 39.5 Å². The molecule has 5 fully saturated rings. The fourth-order valence-corrected chi connectivity index (χ4v) is 10.3. The van der Waals surface area contributed by atoms with E-state index in [0.717, 1.165) is 96.0 Å². The summed E-state index contributed by atoms with van der Waals surface area (Å²) in [7, 11) is 0. The molecule has 18 heteroatoms. The van der Waals surface area contributed by atoms with Crippen molar-refractivity contribution >= 4 is 46.6 Å². The number of anilines is 3. The predicted octanol–water partition coefficient (Wildman–Crippen LogP) is 5.58. The SMILES string of the molecule is Cc1ccc(C(=O)N2CCC3(CCC(CN4CCC(n5cc(NC(=O)c6cnn7ccc(N8CCC[C@H](O)C8)nc67)c(C(F)F)n5)CC4)CC3)CC2)cc1N1CCC(=O)NC1=O. The molecule has 330 valence electrons. The van der Waals surface area contributed by atoms with E-state index in [1.807, 2.05) is 28.9 Å². The molecule has 5 amide bonds. The lowest BCUT2D eigenvalue weighted by atomic mass is 9.65. The maximum absolute atomic E-state index is 14.3. The molecule has 0 radical (unpaired) electrons. The normalized spacial score (nSPS) is 21.9. The van der Waals surface area contributed by atoms with Gasteiger partial charge < -0.3 is 25.1 Å². The van der Waals surface area contributed by atoms with Gasteiger partial charge >= 0.3 is 6.03 Å². The predicted molar refractivity (Wildman–Crippen MR) is 226 cm³/mol. The molecule has 4 aromatic rings. The Morgan fingerprint density at radius 1 is 0.984 bits per heavy atom. The van der Waals surface area contributed by atoms with E-state index >= 15 is 0 Å². The number of imide groups is 1. The molecular formula is C44H55F2N11O5. The van der Waals surface area contributed by atoms with Gasteiger partial charge in [0.15, 0.2) is 11.3 Å². The Bertz CT molecular complexity index is 2320. The van der Waals surface area contributed by atoms with Gasteiger partial charge in [-0.05, 0) is 106 Å². The van der Waals surface area contributed by atoms with Crippen molar-refractivity contribution in [3.8, 4) is 0 Å². The van der Waals surface area contributed by atoms with E-state index in [1.54, 1.807) is 23.0 Å².